The molecule has 33 heavy (non-hydrogen) atoms. The van der Waals surface area contributed by atoms with Crippen molar-refractivity contribution in [3.8, 4) is 6.07 Å². The number of nitriles is 1. The highest BCUT2D eigenvalue weighted by molar-refractivity contribution is 5.67. The molecule has 0 fully saturated rings. The molecule has 0 bridgehead atoms. The number of alkyl carbamates (subject to hydrolysis) is 2. The smallest absolute Gasteiger partial charge is 0.407 e. The van der Waals surface area contributed by atoms with Crippen molar-refractivity contribution in [3.05, 3.63) is 0 Å². The summed E-state index contributed by atoms with van der Waals surface area (Å²) in [5.74, 6) is 0. The van der Waals surface area contributed by atoms with E-state index in [9.17, 15) is 14.4 Å². The molecule has 11 nitrogen and oxygen atoms in total. The summed E-state index contributed by atoms with van der Waals surface area (Å²) < 4.78 is 20.6. The lowest BCUT2D eigenvalue weighted by atomic mass is 10.1. The first-order chi connectivity index (χ1) is 16.2. The number of nitrogens with one attached hydrogen (secondary N) is 2. The van der Waals surface area contributed by atoms with Gasteiger partial charge in [0.25, 0.3) is 0 Å². The van der Waals surface area contributed by atoms with E-state index in [2.05, 4.69) is 21.7 Å². The van der Waals surface area contributed by atoms with E-state index in [1.807, 2.05) is 0 Å². The first kappa shape index (κ1) is 30.3. The van der Waals surface area contributed by atoms with Crippen molar-refractivity contribution >= 4 is 18.3 Å². The molecule has 0 unspecified atom stereocenters. The SMILES string of the molecule is N#CCCCCCCNC(=O)OCCOCCOCCOC(=O)NCCCCCCN=C=O. The summed E-state index contributed by atoms with van der Waals surface area (Å²) in [7, 11) is 0. The second-order valence-corrected chi connectivity index (χ2v) is 7.06. The fraction of sp³-hybridized carbons (Fsp3) is 0.818. The second-order valence-electron chi connectivity index (χ2n) is 7.06. The van der Waals surface area contributed by atoms with Crippen molar-refractivity contribution in [2.24, 2.45) is 4.99 Å². The molecule has 0 aliphatic rings. The monoisotopic (exact) mass is 470 g/mol. The third kappa shape index (κ3) is 25.5. The number of hydrogen-bond acceptors (Lipinski definition) is 9. The number of carbonyl (C=O) groups is 2. The largest absolute Gasteiger partial charge is 0.447 e. The highest BCUT2D eigenvalue weighted by atomic mass is 16.6. The van der Waals surface area contributed by atoms with Gasteiger partial charge in [-0.15, -0.1) is 0 Å². The minimum atomic E-state index is -0.477. The van der Waals surface area contributed by atoms with E-state index in [0.717, 1.165) is 51.4 Å². The minimum absolute atomic E-state index is 0.150. The van der Waals surface area contributed by atoms with Crippen molar-refractivity contribution in [2.45, 2.75) is 57.8 Å². The number of nitrogens with zero attached hydrogens (tertiary/aromatic N) is 2. The molecule has 2 amide bonds. The van der Waals surface area contributed by atoms with Crippen LogP contribution in [0.4, 0.5) is 9.59 Å². The molecule has 188 valence electrons. The van der Waals surface area contributed by atoms with Crippen LogP contribution in [-0.4, -0.2) is 77.5 Å². The number of isocyanates is 1. The van der Waals surface area contributed by atoms with Crippen molar-refractivity contribution in [3.63, 3.8) is 0 Å². The lowest BCUT2D eigenvalue weighted by Crippen LogP contribution is -2.27. The Morgan fingerprint density at radius 3 is 1.70 bits per heavy atom. The molecule has 0 aromatic rings. The molecule has 0 aromatic carbocycles. The standard InChI is InChI=1S/C22H38N4O7/c23-10-6-2-1-3-8-12-25-21(28)32-18-16-30-14-15-31-17-19-33-22(29)26-13-9-5-4-7-11-24-20-27/h1-9,11-19H2,(H,25,28)(H,26,29). The highest BCUT2D eigenvalue weighted by Crippen LogP contribution is 2.01. The summed E-state index contributed by atoms with van der Waals surface area (Å²) in [6, 6.07) is 2.11. The van der Waals surface area contributed by atoms with Gasteiger partial charge in [0, 0.05) is 19.5 Å². The van der Waals surface area contributed by atoms with E-state index < -0.39 is 12.2 Å². The van der Waals surface area contributed by atoms with Gasteiger partial charge in [-0.3, -0.25) is 0 Å². The van der Waals surface area contributed by atoms with Crippen LogP contribution in [0.1, 0.15) is 57.8 Å². The van der Waals surface area contributed by atoms with Gasteiger partial charge in [0.05, 0.1) is 39.0 Å². The average molecular weight is 471 g/mol. The van der Waals surface area contributed by atoms with Gasteiger partial charge >= 0.3 is 12.2 Å². The van der Waals surface area contributed by atoms with Crippen LogP contribution in [0, 0.1) is 11.3 Å². The average Bonchev–Trinajstić information content (AvgIpc) is 2.81. The fourth-order valence-electron chi connectivity index (χ4n) is 2.59. The van der Waals surface area contributed by atoms with Crippen molar-refractivity contribution in [1.29, 1.82) is 5.26 Å². The summed E-state index contributed by atoms with van der Waals surface area (Å²) >= 11 is 0. The molecule has 0 saturated heterocycles. The molecule has 0 radical (unpaired) electrons. The fourth-order valence-corrected chi connectivity index (χ4v) is 2.59. The molecule has 0 aliphatic carbocycles. The third-order valence-electron chi connectivity index (χ3n) is 4.31. The maximum atomic E-state index is 11.5. The zero-order valence-corrected chi connectivity index (χ0v) is 19.5. The Bertz CT molecular complexity index is 578. The van der Waals surface area contributed by atoms with Crippen molar-refractivity contribution in [2.75, 3.05) is 59.3 Å². The summed E-state index contributed by atoms with van der Waals surface area (Å²) in [6.07, 6.45) is 8.43. The number of amides is 2. The maximum Gasteiger partial charge on any atom is 0.407 e. The number of aliphatic imine (C=N–C) groups is 1. The van der Waals surface area contributed by atoms with Gasteiger partial charge in [0.1, 0.15) is 13.2 Å². The van der Waals surface area contributed by atoms with Gasteiger partial charge in [-0.25, -0.2) is 19.4 Å². The molecule has 0 spiro atoms. The predicted octanol–water partition coefficient (Wildman–Crippen LogP) is 2.84. The quantitative estimate of drug-likeness (QED) is 0.139. The van der Waals surface area contributed by atoms with Crippen LogP contribution in [0.25, 0.3) is 0 Å². The molecule has 0 rings (SSSR count). The first-order valence-electron chi connectivity index (χ1n) is 11.6. The highest BCUT2D eigenvalue weighted by Gasteiger charge is 2.02. The van der Waals surface area contributed by atoms with Crippen LogP contribution in [0.2, 0.25) is 0 Å². The summed E-state index contributed by atoms with van der Waals surface area (Å²) in [4.78, 5) is 36.3. The van der Waals surface area contributed by atoms with Crippen LogP contribution < -0.4 is 10.6 Å². The molecule has 0 aliphatic heterocycles. The summed E-state index contributed by atoms with van der Waals surface area (Å²) in [5, 5.41) is 13.8. The molecule has 0 atom stereocenters. The predicted molar refractivity (Wildman–Crippen MR) is 120 cm³/mol. The molecular weight excluding hydrogens is 432 g/mol. The lowest BCUT2D eigenvalue weighted by molar-refractivity contribution is 0.0156. The Hall–Kier alpha value is -2.67. The van der Waals surface area contributed by atoms with Gasteiger partial charge < -0.3 is 29.6 Å². The van der Waals surface area contributed by atoms with E-state index in [1.165, 1.54) is 6.08 Å². The van der Waals surface area contributed by atoms with E-state index >= 15 is 0 Å². The van der Waals surface area contributed by atoms with Gasteiger partial charge in [-0.2, -0.15) is 5.26 Å². The van der Waals surface area contributed by atoms with Gasteiger partial charge in [0.2, 0.25) is 6.08 Å². The van der Waals surface area contributed by atoms with Crippen LogP contribution in [-0.2, 0) is 23.7 Å². The van der Waals surface area contributed by atoms with Crippen LogP contribution in [0.15, 0.2) is 4.99 Å². The molecular formula is C22H38N4O7. The zero-order valence-electron chi connectivity index (χ0n) is 19.5. The summed E-state index contributed by atoms with van der Waals surface area (Å²) in [5.41, 5.74) is 0. The third-order valence-corrected chi connectivity index (χ3v) is 4.31. The Balaban J connectivity index is 3.26. The van der Waals surface area contributed by atoms with Gasteiger partial charge in [-0.05, 0) is 25.7 Å². The first-order valence-corrected chi connectivity index (χ1v) is 11.6. The van der Waals surface area contributed by atoms with E-state index in [-0.39, 0.29) is 26.4 Å². The Kier molecular flexibility index (Phi) is 23.5. The van der Waals surface area contributed by atoms with Gasteiger partial charge in [0.15, 0.2) is 0 Å². The topological polar surface area (TPSA) is 148 Å². The maximum absolute atomic E-state index is 11.5. The number of ether oxygens (including phenoxy) is 4. The van der Waals surface area contributed by atoms with Crippen LogP contribution in [0.5, 0.6) is 0 Å². The van der Waals surface area contributed by atoms with Gasteiger partial charge in [-0.1, -0.05) is 25.7 Å². The van der Waals surface area contributed by atoms with Crippen molar-refractivity contribution in [1.82, 2.24) is 10.6 Å². The normalized spacial score (nSPS) is 10.0. The Labute approximate surface area is 196 Å². The zero-order chi connectivity index (χ0) is 24.2. The number of rotatable bonds is 22. The number of carbonyl (C=O) groups excluding carboxylic acids is 3. The minimum Gasteiger partial charge on any atom is -0.447 e. The molecule has 2 N–H and O–H groups in total. The van der Waals surface area contributed by atoms with Crippen LogP contribution in [0.3, 0.4) is 0 Å². The number of unbranched alkanes of at least 4 members (excludes halogenated alkanes) is 7. The molecule has 11 heteroatoms. The van der Waals surface area contributed by atoms with Crippen molar-refractivity contribution < 1.29 is 33.3 Å². The molecule has 0 heterocycles. The second kappa shape index (κ2) is 25.6. The Morgan fingerprint density at radius 1 is 0.697 bits per heavy atom. The van der Waals surface area contributed by atoms with Crippen LogP contribution >= 0.6 is 0 Å². The molecule has 0 saturated carbocycles. The molecule has 0 aromatic heterocycles. The number of hydrogen-bond donors (Lipinski definition) is 2. The van der Waals surface area contributed by atoms with E-state index in [1.54, 1.807) is 0 Å². The summed E-state index contributed by atoms with van der Waals surface area (Å²) in [6.45, 7) is 3.13. The lowest BCUT2D eigenvalue weighted by Gasteiger charge is -2.09. The van der Waals surface area contributed by atoms with E-state index in [0.29, 0.717) is 39.3 Å². The van der Waals surface area contributed by atoms with E-state index in [4.69, 9.17) is 24.2 Å². The Morgan fingerprint density at radius 2 is 1.18 bits per heavy atom.